The molecule has 3 aromatic carbocycles. The highest BCUT2D eigenvalue weighted by atomic mass is 32.2. The van der Waals surface area contributed by atoms with E-state index in [0.717, 1.165) is 40.0 Å². The number of rotatable bonds is 9. The first kappa shape index (κ1) is 24.2. The summed E-state index contributed by atoms with van der Waals surface area (Å²) in [6.45, 7) is 0. The summed E-state index contributed by atoms with van der Waals surface area (Å²) in [7, 11) is -3.02. The Bertz CT molecular complexity index is 1470. The number of imidazole rings is 1. The number of methoxy groups -OCH3 is 1. The molecule has 11 nitrogen and oxygen atoms in total. The number of aromatic amines is 1. The zero-order chi connectivity index (χ0) is 25.0. The van der Waals surface area contributed by atoms with Gasteiger partial charge in [0.25, 0.3) is 15.9 Å². The number of para-hydroxylation sites is 2. The molecule has 4 rings (SSSR count). The molecule has 0 radical (unpaired) electrons. The lowest BCUT2D eigenvalue weighted by atomic mass is 10.1. The zero-order valence-electron chi connectivity index (χ0n) is 18.2. The highest BCUT2D eigenvalue weighted by Crippen LogP contribution is 2.29. The second-order valence-electron chi connectivity index (χ2n) is 7.20. The first-order valence-corrected chi connectivity index (χ1v) is 12.5. The van der Waals surface area contributed by atoms with E-state index in [9.17, 15) is 23.3 Å². The number of thioether (sulfide) groups is 1. The number of hydrogen-bond donors (Lipinski definition) is 3. The van der Waals surface area contributed by atoms with Gasteiger partial charge in [-0.3, -0.25) is 20.3 Å². The maximum absolute atomic E-state index is 12.5. The molecule has 0 atom stereocenters. The van der Waals surface area contributed by atoms with E-state index in [2.05, 4.69) is 15.4 Å². The van der Waals surface area contributed by atoms with Gasteiger partial charge in [0.15, 0.2) is 10.9 Å². The highest BCUT2D eigenvalue weighted by molar-refractivity contribution is 7.98. The van der Waals surface area contributed by atoms with Crippen LogP contribution >= 0.6 is 11.8 Å². The number of nitro groups is 1. The quantitative estimate of drug-likeness (QED) is 0.175. The van der Waals surface area contributed by atoms with Crippen LogP contribution in [0.15, 0.2) is 76.8 Å². The van der Waals surface area contributed by atoms with Crippen molar-refractivity contribution in [2.24, 2.45) is 0 Å². The van der Waals surface area contributed by atoms with Crippen molar-refractivity contribution in [2.75, 3.05) is 7.11 Å². The predicted molar refractivity (Wildman–Crippen MR) is 130 cm³/mol. The fourth-order valence-corrected chi connectivity index (χ4v) is 4.83. The van der Waals surface area contributed by atoms with E-state index >= 15 is 0 Å². The standard InChI is InChI=1S/C22H19N5O6S2/c1-33-20-11-10-16(12-19(20)27(29)30)35(31,32)26-25-21(28)15-8-6-14(7-9-15)13-34-22-23-17-4-2-3-5-18(17)24-22/h2-12,26H,13H2,1H3,(H,23,24)(H,25,28). The van der Waals surface area contributed by atoms with Crippen molar-refractivity contribution < 1.29 is 22.9 Å². The van der Waals surface area contributed by atoms with Crippen molar-refractivity contribution >= 4 is 44.4 Å². The lowest BCUT2D eigenvalue weighted by molar-refractivity contribution is -0.386. The van der Waals surface area contributed by atoms with E-state index in [-0.39, 0.29) is 11.3 Å². The summed E-state index contributed by atoms with van der Waals surface area (Å²) < 4.78 is 29.8. The third-order valence-electron chi connectivity index (χ3n) is 4.92. The van der Waals surface area contributed by atoms with Crippen molar-refractivity contribution in [1.29, 1.82) is 0 Å². The van der Waals surface area contributed by atoms with Gasteiger partial charge in [0.05, 0.1) is 28.0 Å². The van der Waals surface area contributed by atoms with Crippen molar-refractivity contribution in [3.63, 3.8) is 0 Å². The molecule has 0 aliphatic rings. The molecule has 0 saturated heterocycles. The molecule has 0 aliphatic heterocycles. The number of H-pyrrole nitrogens is 1. The largest absolute Gasteiger partial charge is 0.490 e. The first-order chi connectivity index (χ1) is 16.8. The van der Waals surface area contributed by atoms with Crippen LogP contribution in [0.5, 0.6) is 5.75 Å². The Balaban J connectivity index is 1.36. The van der Waals surface area contributed by atoms with Gasteiger partial charge in [-0.1, -0.05) is 36.0 Å². The van der Waals surface area contributed by atoms with Crippen molar-refractivity contribution in [3.8, 4) is 5.75 Å². The van der Waals surface area contributed by atoms with Crippen LogP contribution in [0.2, 0.25) is 0 Å². The molecule has 0 unspecified atom stereocenters. The Hall–Kier alpha value is -3.94. The van der Waals surface area contributed by atoms with Crippen LogP contribution in [0.3, 0.4) is 0 Å². The summed E-state index contributed by atoms with van der Waals surface area (Å²) in [6.07, 6.45) is 0. The molecular weight excluding hydrogens is 494 g/mol. The number of carbonyl (C=O) groups is 1. The van der Waals surface area contributed by atoms with Gasteiger partial charge in [0.2, 0.25) is 0 Å². The molecule has 0 fully saturated rings. The molecule has 3 N–H and O–H groups in total. The average Bonchev–Trinajstić information content (AvgIpc) is 3.29. The minimum absolute atomic E-state index is 0.0865. The van der Waals surface area contributed by atoms with Gasteiger partial charge in [0.1, 0.15) is 0 Å². The number of amides is 1. The van der Waals surface area contributed by atoms with Crippen LogP contribution in [0.1, 0.15) is 15.9 Å². The molecule has 35 heavy (non-hydrogen) atoms. The van der Waals surface area contributed by atoms with Gasteiger partial charge in [-0.15, -0.1) is 4.83 Å². The molecule has 0 spiro atoms. The number of hydrazine groups is 1. The average molecular weight is 514 g/mol. The molecule has 180 valence electrons. The molecule has 0 aliphatic carbocycles. The van der Waals surface area contributed by atoms with Gasteiger partial charge in [0, 0.05) is 17.4 Å². The SMILES string of the molecule is COc1ccc(S(=O)(=O)NNC(=O)c2ccc(CSc3nc4ccccc4[nH]3)cc2)cc1[N+](=O)[O-]. The Morgan fingerprint density at radius 2 is 1.89 bits per heavy atom. The fraction of sp³-hybridized carbons (Fsp3) is 0.0909. The summed E-state index contributed by atoms with van der Waals surface area (Å²) in [5.74, 6) is -0.158. The summed E-state index contributed by atoms with van der Waals surface area (Å²) in [5, 5.41) is 11.9. The number of hydrogen-bond acceptors (Lipinski definition) is 8. The van der Waals surface area contributed by atoms with Crippen LogP contribution in [0.4, 0.5) is 5.69 Å². The van der Waals surface area contributed by atoms with Gasteiger partial charge < -0.3 is 9.72 Å². The van der Waals surface area contributed by atoms with E-state index in [1.807, 2.05) is 29.1 Å². The minimum Gasteiger partial charge on any atom is -0.490 e. The first-order valence-electron chi connectivity index (χ1n) is 10.1. The van der Waals surface area contributed by atoms with Crippen LogP contribution in [-0.2, 0) is 15.8 Å². The zero-order valence-corrected chi connectivity index (χ0v) is 19.9. The maximum Gasteiger partial charge on any atom is 0.312 e. The van der Waals surface area contributed by atoms with E-state index in [0.29, 0.717) is 5.75 Å². The smallest absolute Gasteiger partial charge is 0.312 e. The molecule has 1 amide bonds. The lowest BCUT2D eigenvalue weighted by Gasteiger charge is -2.10. The van der Waals surface area contributed by atoms with Crippen LogP contribution in [0, 0.1) is 10.1 Å². The van der Waals surface area contributed by atoms with Crippen LogP contribution in [0.25, 0.3) is 11.0 Å². The number of ether oxygens (including phenoxy) is 1. The molecule has 4 aromatic rings. The Labute approximate surface area is 204 Å². The monoisotopic (exact) mass is 513 g/mol. The van der Waals surface area contributed by atoms with Gasteiger partial charge in [-0.05, 0) is 42.0 Å². The van der Waals surface area contributed by atoms with E-state index in [1.54, 1.807) is 24.3 Å². The van der Waals surface area contributed by atoms with E-state index in [1.165, 1.54) is 18.9 Å². The van der Waals surface area contributed by atoms with Crippen LogP contribution in [-0.4, -0.2) is 36.3 Å². The Kier molecular flexibility index (Phi) is 7.00. The minimum atomic E-state index is -4.26. The molecule has 0 saturated carbocycles. The van der Waals surface area contributed by atoms with Gasteiger partial charge >= 0.3 is 5.69 Å². The number of sulfonamides is 1. The van der Waals surface area contributed by atoms with Gasteiger partial charge in [-0.25, -0.2) is 13.4 Å². The number of nitro benzene ring substituents is 1. The number of aromatic nitrogens is 2. The maximum atomic E-state index is 12.5. The topological polar surface area (TPSA) is 156 Å². The summed E-state index contributed by atoms with van der Waals surface area (Å²) in [6, 6.07) is 17.5. The summed E-state index contributed by atoms with van der Waals surface area (Å²) >= 11 is 1.51. The molecular formula is C22H19N5O6S2. The van der Waals surface area contributed by atoms with E-state index in [4.69, 9.17) is 4.74 Å². The van der Waals surface area contributed by atoms with Crippen molar-refractivity contribution in [2.45, 2.75) is 15.8 Å². The second-order valence-corrected chi connectivity index (χ2v) is 9.84. The number of nitrogens with zero attached hydrogens (tertiary/aromatic N) is 2. The number of fused-ring (bicyclic) bond motifs is 1. The lowest BCUT2D eigenvalue weighted by Crippen LogP contribution is -2.41. The van der Waals surface area contributed by atoms with Crippen molar-refractivity contribution in [1.82, 2.24) is 20.2 Å². The number of benzene rings is 3. The normalized spacial score (nSPS) is 11.3. The molecule has 1 heterocycles. The predicted octanol–water partition coefficient (Wildman–Crippen LogP) is 3.40. The van der Waals surface area contributed by atoms with Gasteiger partial charge in [-0.2, -0.15) is 0 Å². The third kappa shape index (κ3) is 5.59. The second kappa shape index (κ2) is 10.1. The van der Waals surface area contributed by atoms with Crippen molar-refractivity contribution in [3.05, 3.63) is 88.0 Å². The number of nitrogens with one attached hydrogen (secondary N) is 3. The molecule has 1 aromatic heterocycles. The molecule has 13 heteroatoms. The third-order valence-corrected chi connectivity index (χ3v) is 7.11. The Morgan fingerprint density at radius 1 is 1.14 bits per heavy atom. The fourth-order valence-electron chi connectivity index (χ4n) is 3.13. The highest BCUT2D eigenvalue weighted by Gasteiger charge is 2.22. The van der Waals surface area contributed by atoms with Crippen LogP contribution < -0.4 is 15.0 Å². The van der Waals surface area contributed by atoms with E-state index < -0.39 is 31.4 Å². The number of carbonyl (C=O) groups excluding carboxylic acids is 1. The summed E-state index contributed by atoms with van der Waals surface area (Å²) in [5.41, 5.74) is 4.60. The molecule has 0 bridgehead atoms. The Morgan fingerprint density at radius 3 is 2.57 bits per heavy atom. The summed E-state index contributed by atoms with van der Waals surface area (Å²) in [4.78, 5) is 32.1.